The number of ether oxygens (including phenoxy) is 1. The van der Waals surface area contributed by atoms with Crippen molar-refractivity contribution in [2.75, 3.05) is 6.61 Å². The molecule has 2 aromatic rings. The van der Waals surface area contributed by atoms with Crippen LogP contribution in [0.3, 0.4) is 0 Å². The topological polar surface area (TPSA) is 103 Å². The maximum absolute atomic E-state index is 12.3. The van der Waals surface area contributed by atoms with E-state index in [0.717, 1.165) is 11.5 Å². The van der Waals surface area contributed by atoms with Gasteiger partial charge in [0.05, 0.1) is 18.4 Å². The zero-order valence-corrected chi connectivity index (χ0v) is 16.2. The lowest BCUT2D eigenvalue weighted by molar-refractivity contribution is -0.123. The molecule has 146 valence electrons. The number of aryl methyl sites for hydroxylation is 1. The lowest BCUT2D eigenvalue weighted by Crippen LogP contribution is -2.49. The Morgan fingerprint density at radius 1 is 1.22 bits per heavy atom. The number of esters is 1. The van der Waals surface area contributed by atoms with E-state index < -0.39 is 30.1 Å². The smallest absolute Gasteiger partial charge is 0.340 e. The average Bonchev–Trinajstić information content (AvgIpc) is 3.14. The molecule has 0 fully saturated rings. The quantitative estimate of drug-likeness (QED) is 0.782. The molecule has 0 aromatic carbocycles. The van der Waals surface area contributed by atoms with Crippen molar-refractivity contribution < 1.29 is 23.5 Å². The lowest BCUT2D eigenvalue weighted by Gasteiger charge is -2.20. The van der Waals surface area contributed by atoms with E-state index >= 15 is 0 Å². The molecule has 0 atom stereocenters. The number of carbonyl (C=O) groups is 3. The molecule has 0 saturated heterocycles. The molecule has 27 heavy (non-hydrogen) atoms. The van der Waals surface area contributed by atoms with Gasteiger partial charge in [-0.1, -0.05) is 0 Å². The van der Waals surface area contributed by atoms with Crippen molar-refractivity contribution in [1.82, 2.24) is 15.2 Å². The van der Waals surface area contributed by atoms with E-state index in [1.807, 2.05) is 17.6 Å². The molecule has 0 aliphatic rings. The number of hydrogen-bond donors (Lipinski definition) is 2. The van der Waals surface area contributed by atoms with E-state index in [-0.39, 0.29) is 0 Å². The van der Waals surface area contributed by atoms with Gasteiger partial charge in [0.15, 0.2) is 6.61 Å². The summed E-state index contributed by atoms with van der Waals surface area (Å²) in [5.41, 5.74) is 1.46. The molecular formula is C19H25N3O5. The Labute approximate surface area is 157 Å². The highest BCUT2D eigenvalue weighted by atomic mass is 16.5. The predicted octanol–water partition coefficient (Wildman–Crippen LogP) is 2.53. The number of nitrogens with one attached hydrogen (secondary N) is 2. The third-order valence-corrected chi connectivity index (χ3v) is 3.76. The van der Waals surface area contributed by atoms with E-state index in [2.05, 4.69) is 10.6 Å². The number of rotatable bonds is 5. The summed E-state index contributed by atoms with van der Waals surface area (Å²) in [5.74, 6) is -0.560. The van der Waals surface area contributed by atoms with E-state index in [0.29, 0.717) is 17.8 Å². The predicted molar refractivity (Wildman–Crippen MR) is 98.4 cm³/mol. The van der Waals surface area contributed by atoms with Gasteiger partial charge in [-0.05, 0) is 52.8 Å². The molecular weight excluding hydrogens is 350 g/mol. The minimum atomic E-state index is -0.700. The summed E-state index contributed by atoms with van der Waals surface area (Å²) in [4.78, 5) is 35.7. The van der Waals surface area contributed by atoms with Crippen LogP contribution in [0.2, 0.25) is 0 Å². The van der Waals surface area contributed by atoms with Crippen LogP contribution >= 0.6 is 0 Å². The van der Waals surface area contributed by atoms with Crippen LogP contribution in [0.25, 0.3) is 0 Å². The molecule has 2 rings (SSSR count). The van der Waals surface area contributed by atoms with Crippen molar-refractivity contribution in [2.45, 2.75) is 46.7 Å². The highest BCUT2D eigenvalue weighted by molar-refractivity contribution is 5.97. The van der Waals surface area contributed by atoms with Crippen molar-refractivity contribution in [3.63, 3.8) is 0 Å². The van der Waals surface area contributed by atoms with Gasteiger partial charge in [0.1, 0.15) is 5.76 Å². The minimum absolute atomic E-state index is 0.367. The summed E-state index contributed by atoms with van der Waals surface area (Å²) in [6, 6.07) is 4.71. The minimum Gasteiger partial charge on any atom is -0.467 e. The molecule has 0 aliphatic carbocycles. The maximum atomic E-state index is 12.3. The van der Waals surface area contributed by atoms with Crippen LogP contribution in [0.15, 0.2) is 28.9 Å². The normalized spacial score (nSPS) is 11.1. The van der Waals surface area contributed by atoms with Gasteiger partial charge in [-0.2, -0.15) is 0 Å². The van der Waals surface area contributed by atoms with E-state index in [1.54, 1.807) is 46.1 Å². The number of aromatic nitrogens is 1. The summed E-state index contributed by atoms with van der Waals surface area (Å²) in [6.07, 6.45) is 1.59. The van der Waals surface area contributed by atoms with Gasteiger partial charge in [0.25, 0.3) is 5.91 Å². The van der Waals surface area contributed by atoms with Gasteiger partial charge in [-0.25, -0.2) is 9.59 Å². The molecule has 2 heterocycles. The number of hydrogen-bond acceptors (Lipinski definition) is 5. The van der Waals surface area contributed by atoms with Crippen molar-refractivity contribution in [2.24, 2.45) is 0 Å². The van der Waals surface area contributed by atoms with Crippen molar-refractivity contribution in [3.8, 4) is 0 Å². The van der Waals surface area contributed by atoms with Gasteiger partial charge in [-0.15, -0.1) is 0 Å². The second-order valence-corrected chi connectivity index (χ2v) is 7.28. The molecule has 0 unspecified atom stereocenters. The van der Waals surface area contributed by atoms with Crippen molar-refractivity contribution in [3.05, 3.63) is 47.2 Å². The third-order valence-electron chi connectivity index (χ3n) is 3.76. The van der Waals surface area contributed by atoms with E-state index in [9.17, 15) is 14.4 Å². The molecule has 0 spiro atoms. The first-order valence-corrected chi connectivity index (χ1v) is 8.55. The summed E-state index contributed by atoms with van der Waals surface area (Å²) < 4.78 is 12.3. The van der Waals surface area contributed by atoms with Crippen LogP contribution in [-0.2, 0) is 16.1 Å². The van der Waals surface area contributed by atoms with Crippen molar-refractivity contribution >= 4 is 17.9 Å². The molecule has 0 radical (unpaired) electrons. The monoisotopic (exact) mass is 375 g/mol. The fraction of sp³-hybridized carbons (Fsp3) is 0.421. The molecule has 3 amide bonds. The summed E-state index contributed by atoms with van der Waals surface area (Å²) >= 11 is 0. The van der Waals surface area contributed by atoms with Gasteiger partial charge in [-0.3, -0.25) is 10.1 Å². The van der Waals surface area contributed by atoms with E-state index in [4.69, 9.17) is 9.15 Å². The summed E-state index contributed by atoms with van der Waals surface area (Å²) in [5, 5.41) is 4.71. The van der Waals surface area contributed by atoms with Crippen LogP contribution in [0.1, 0.15) is 48.3 Å². The Bertz CT molecular complexity index is 828. The number of nitrogens with zero attached hydrogens (tertiary/aromatic N) is 1. The fourth-order valence-electron chi connectivity index (χ4n) is 2.55. The van der Waals surface area contributed by atoms with Gasteiger partial charge >= 0.3 is 12.0 Å². The van der Waals surface area contributed by atoms with Gasteiger partial charge < -0.3 is 19.0 Å². The summed E-state index contributed by atoms with van der Waals surface area (Å²) in [6.45, 7) is 8.98. The molecule has 0 aliphatic heterocycles. The first kappa shape index (κ1) is 20.3. The maximum Gasteiger partial charge on any atom is 0.340 e. The molecule has 8 nitrogen and oxygen atoms in total. The molecule has 0 bridgehead atoms. The number of urea groups is 1. The van der Waals surface area contributed by atoms with Crippen LogP contribution in [0.5, 0.6) is 0 Å². The molecule has 0 saturated carbocycles. The lowest BCUT2D eigenvalue weighted by atomic mass is 10.1. The highest BCUT2D eigenvalue weighted by Gasteiger charge is 2.20. The zero-order chi connectivity index (χ0) is 20.2. The molecule has 2 N–H and O–H groups in total. The van der Waals surface area contributed by atoms with Gasteiger partial charge in [0, 0.05) is 16.9 Å². The molecule has 8 heteroatoms. The van der Waals surface area contributed by atoms with Crippen LogP contribution in [0.4, 0.5) is 4.79 Å². The van der Waals surface area contributed by atoms with E-state index in [1.165, 1.54) is 0 Å². The number of furan rings is 1. The van der Waals surface area contributed by atoms with Gasteiger partial charge in [0.2, 0.25) is 0 Å². The second kappa shape index (κ2) is 8.11. The zero-order valence-electron chi connectivity index (χ0n) is 16.2. The number of imide groups is 1. The van der Waals surface area contributed by atoms with Crippen LogP contribution in [-0.4, -0.2) is 34.6 Å². The Morgan fingerprint density at radius 2 is 1.93 bits per heavy atom. The SMILES string of the molecule is Cc1cc(C(=O)OCC(=O)NC(=O)NC(C)(C)C)c(C)n1Cc1ccco1. The first-order valence-electron chi connectivity index (χ1n) is 8.55. The first-order chi connectivity index (χ1) is 12.6. The molecule has 2 aromatic heterocycles. The Balaban J connectivity index is 1.94. The number of carbonyl (C=O) groups excluding carboxylic acids is 3. The average molecular weight is 375 g/mol. The highest BCUT2D eigenvalue weighted by Crippen LogP contribution is 2.18. The Hall–Kier alpha value is -3.03. The largest absolute Gasteiger partial charge is 0.467 e. The number of amides is 3. The van der Waals surface area contributed by atoms with Crippen LogP contribution in [0, 0.1) is 13.8 Å². The Kier molecular flexibility index (Phi) is 6.09. The third kappa shape index (κ3) is 5.73. The van der Waals surface area contributed by atoms with Crippen LogP contribution < -0.4 is 10.6 Å². The van der Waals surface area contributed by atoms with Crippen molar-refractivity contribution in [1.29, 1.82) is 0 Å². The fourth-order valence-corrected chi connectivity index (χ4v) is 2.55. The summed E-state index contributed by atoms with van der Waals surface area (Å²) in [7, 11) is 0. The second-order valence-electron chi connectivity index (χ2n) is 7.28. The standard InChI is InChI=1S/C19H25N3O5/c1-12-9-15(13(2)22(12)10-14-7-6-8-26-14)17(24)27-11-16(23)20-18(25)21-19(3,4)5/h6-9H,10-11H2,1-5H3,(H2,20,21,23,25). The Morgan fingerprint density at radius 3 is 2.52 bits per heavy atom.